The van der Waals surface area contributed by atoms with Gasteiger partial charge in [0, 0.05) is 24.7 Å². The molecule has 0 saturated heterocycles. The van der Waals surface area contributed by atoms with Crippen molar-refractivity contribution in [3.8, 4) is 0 Å². The van der Waals surface area contributed by atoms with E-state index >= 15 is 0 Å². The first-order valence-corrected chi connectivity index (χ1v) is 5.74. The Morgan fingerprint density at radius 3 is 2.53 bits per heavy atom. The van der Waals surface area contributed by atoms with Crippen LogP contribution in [0.25, 0.3) is 0 Å². The van der Waals surface area contributed by atoms with E-state index in [1.165, 1.54) is 4.90 Å². The van der Waals surface area contributed by atoms with Gasteiger partial charge >= 0.3 is 0 Å². The second-order valence-corrected chi connectivity index (χ2v) is 4.56. The Hall–Kier alpha value is -1.00. The van der Waals surface area contributed by atoms with Crippen molar-refractivity contribution in [2.75, 3.05) is 19.8 Å². The van der Waals surface area contributed by atoms with Crippen molar-refractivity contribution in [2.24, 2.45) is 5.73 Å². The average molecular weight is 224 g/mol. The third-order valence-electron chi connectivity index (χ3n) is 1.93. The molecule has 1 atom stereocenters. The smallest absolute Gasteiger partial charge is 0.239 e. The van der Waals surface area contributed by atoms with Gasteiger partial charge in [0.25, 0.3) is 0 Å². The number of likely N-dealkylation sites (N-methyl/N-ethyl adjacent to an activating group) is 1. The molecule has 4 heteroatoms. The van der Waals surface area contributed by atoms with Gasteiger partial charge in [-0.05, 0) is 12.1 Å². The lowest BCUT2D eigenvalue weighted by Crippen LogP contribution is -2.41. The van der Waals surface area contributed by atoms with E-state index in [0.717, 1.165) is 4.90 Å². The highest BCUT2D eigenvalue weighted by Gasteiger charge is 2.15. The molecule has 2 N–H and O–H groups in total. The summed E-state index contributed by atoms with van der Waals surface area (Å²) in [6.45, 7) is 0. The van der Waals surface area contributed by atoms with Crippen LogP contribution in [0, 0.1) is 0 Å². The summed E-state index contributed by atoms with van der Waals surface area (Å²) >= 11 is 1.60. The molecule has 0 radical (unpaired) electrons. The minimum Gasteiger partial charge on any atom is -0.347 e. The Morgan fingerprint density at radius 2 is 2.00 bits per heavy atom. The monoisotopic (exact) mass is 224 g/mol. The highest BCUT2D eigenvalue weighted by molar-refractivity contribution is 7.99. The van der Waals surface area contributed by atoms with Crippen LogP contribution in [0.2, 0.25) is 0 Å². The number of nitrogens with two attached hydrogens (primary N) is 1. The third-order valence-corrected chi connectivity index (χ3v) is 3.06. The van der Waals surface area contributed by atoms with Gasteiger partial charge in [-0.3, -0.25) is 4.79 Å². The molecule has 0 unspecified atom stereocenters. The van der Waals surface area contributed by atoms with Crippen LogP contribution < -0.4 is 5.73 Å². The molecule has 0 aromatic heterocycles. The van der Waals surface area contributed by atoms with Gasteiger partial charge in [0.2, 0.25) is 5.91 Å². The third kappa shape index (κ3) is 3.93. The van der Waals surface area contributed by atoms with Crippen LogP contribution in [-0.2, 0) is 4.79 Å². The van der Waals surface area contributed by atoms with Crippen LogP contribution in [-0.4, -0.2) is 36.7 Å². The number of nitrogens with zero attached hydrogens (tertiary/aromatic N) is 1. The second-order valence-electron chi connectivity index (χ2n) is 3.46. The Kier molecular flexibility index (Phi) is 4.65. The van der Waals surface area contributed by atoms with E-state index < -0.39 is 6.04 Å². The molecule has 1 amide bonds. The highest BCUT2D eigenvalue weighted by atomic mass is 32.2. The Balaban J connectivity index is 2.41. The van der Waals surface area contributed by atoms with E-state index in [1.54, 1.807) is 25.9 Å². The van der Waals surface area contributed by atoms with Gasteiger partial charge < -0.3 is 10.6 Å². The normalized spacial score (nSPS) is 12.2. The van der Waals surface area contributed by atoms with E-state index in [4.69, 9.17) is 5.73 Å². The minimum atomic E-state index is -0.426. The summed E-state index contributed by atoms with van der Waals surface area (Å²) in [5, 5.41) is 0. The number of benzene rings is 1. The van der Waals surface area contributed by atoms with Crippen LogP contribution in [0.3, 0.4) is 0 Å². The van der Waals surface area contributed by atoms with E-state index in [1.807, 2.05) is 30.3 Å². The van der Waals surface area contributed by atoms with Gasteiger partial charge in [-0.15, -0.1) is 11.8 Å². The summed E-state index contributed by atoms with van der Waals surface area (Å²) in [6.07, 6.45) is 0. The molecule has 0 heterocycles. The van der Waals surface area contributed by atoms with Gasteiger partial charge in [-0.25, -0.2) is 0 Å². The second kappa shape index (κ2) is 5.78. The van der Waals surface area contributed by atoms with E-state index in [9.17, 15) is 4.79 Å². The summed E-state index contributed by atoms with van der Waals surface area (Å²) in [5.41, 5.74) is 5.75. The molecule has 1 aromatic carbocycles. The summed E-state index contributed by atoms with van der Waals surface area (Å²) < 4.78 is 0. The van der Waals surface area contributed by atoms with Crippen molar-refractivity contribution in [3.63, 3.8) is 0 Å². The van der Waals surface area contributed by atoms with Crippen LogP contribution in [0.15, 0.2) is 35.2 Å². The van der Waals surface area contributed by atoms with Crippen molar-refractivity contribution in [3.05, 3.63) is 30.3 Å². The molecule has 0 fully saturated rings. The molecule has 1 rings (SSSR count). The van der Waals surface area contributed by atoms with Gasteiger partial charge in [0.15, 0.2) is 0 Å². The zero-order valence-corrected chi connectivity index (χ0v) is 9.83. The molecule has 3 nitrogen and oxygen atoms in total. The molecule has 0 bridgehead atoms. The minimum absolute atomic E-state index is 0.0292. The van der Waals surface area contributed by atoms with Gasteiger partial charge in [-0.1, -0.05) is 18.2 Å². The molecular weight excluding hydrogens is 208 g/mol. The average Bonchev–Trinajstić information content (AvgIpc) is 2.26. The van der Waals surface area contributed by atoms with Gasteiger partial charge in [0.1, 0.15) is 0 Å². The predicted molar refractivity (Wildman–Crippen MR) is 63.8 cm³/mol. The van der Waals surface area contributed by atoms with Crippen LogP contribution in [0.1, 0.15) is 0 Å². The molecular formula is C11H16N2OS. The van der Waals surface area contributed by atoms with Crippen LogP contribution in [0.4, 0.5) is 0 Å². The van der Waals surface area contributed by atoms with Gasteiger partial charge in [0.05, 0.1) is 6.04 Å². The van der Waals surface area contributed by atoms with Crippen LogP contribution in [0.5, 0.6) is 0 Å². The molecule has 0 aliphatic heterocycles. The molecule has 0 spiro atoms. The van der Waals surface area contributed by atoms with Crippen molar-refractivity contribution in [2.45, 2.75) is 10.9 Å². The number of carbonyl (C=O) groups excluding carboxylic acids is 1. The Morgan fingerprint density at radius 1 is 1.40 bits per heavy atom. The lowest BCUT2D eigenvalue weighted by Gasteiger charge is -2.16. The van der Waals surface area contributed by atoms with E-state index in [2.05, 4.69) is 0 Å². The standard InChI is InChI=1S/C11H16N2OS/c1-13(2)11(14)10(12)8-15-9-6-4-3-5-7-9/h3-7,10H,8,12H2,1-2H3/t10-/m0/s1. The summed E-state index contributed by atoms with van der Waals surface area (Å²) in [6, 6.07) is 9.51. The number of carbonyl (C=O) groups is 1. The maximum Gasteiger partial charge on any atom is 0.239 e. The fourth-order valence-electron chi connectivity index (χ4n) is 1.11. The van der Waals surface area contributed by atoms with E-state index in [-0.39, 0.29) is 5.91 Å². The Bertz CT molecular complexity index is 314. The largest absolute Gasteiger partial charge is 0.347 e. The fraction of sp³-hybridized carbons (Fsp3) is 0.364. The first kappa shape index (κ1) is 12.1. The quantitative estimate of drug-likeness (QED) is 0.782. The van der Waals surface area contributed by atoms with Crippen molar-refractivity contribution in [1.29, 1.82) is 0 Å². The maximum absolute atomic E-state index is 11.5. The number of hydrogen-bond donors (Lipinski definition) is 1. The zero-order valence-electron chi connectivity index (χ0n) is 9.01. The molecule has 1 aromatic rings. The lowest BCUT2D eigenvalue weighted by molar-refractivity contribution is -0.129. The topological polar surface area (TPSA) is 46.3 Å². The lowest BCUT2D eigenvalue weighted by atomic mass is 10.3. The Labute approximate surface area is 94.6 Å². The highest BCUT2D eigenvalue weighted by Crippen LogP contribution is 2.17. The molecule has 0 aliphatic carbocycles. The SMILES string of the molecule is CN(C)C(=O)[C@@H](N)CSc1ccccc1. The first-order valence-electron chi connectivity index (χ1n) is 4.76. The van der Waals surface area contributed by atoms with Crippen molar-refractivity contribution < 1.29 is 4.79 Å². The number of rotatable bonds is 4. The van der Waals surface area contributed by atoms with Crippen LogP contribution >= 0.6 is 11.8 Å². The first-order chi connectivity index (χ1) is 7.11. The molecule has 82 valence electrons. The summed E-state index contributed by atoms with van der Waals surface area (Å²) in [5.74, 6) is 0.583. The molecule has 0 aliphatic rings. The number of amides is 1. The molecule has 15 heavy (non-hydrogen) atoms. The van der Waals surface area contributed by atoms with Crippen molar-refractivity contribution >= 4 is 17.7 Å². The van der Waals surface area contributed by atoms with Gasteiger partial charge in [-0.2, -0.15) is 0 Å². The van der Waals surface area contributed by atoms with E-state index in [0.29, 0.717) is 5.75 Å². The zero-order chi connectivity index (χ0) is 11.3. The number of thioether (sulfide) groups is 1. The molecule has 0 saturated carbocycles. The van der Waals surface area contributed by atoms with Crippen molar-refractivity contribution in [1.82, 2.24) is 4.90 Å². The summed E-state index contributed by atoms with van der Waals surface area (Å²) in [4.78, 5) is 14.1. The maximum atomic E-state index is 11.5. The summed E-state index contributed by atoms with van der Waals surface area (Å²) in [7, 11) is 3.44. The fourth-order valence-corrected chi connectivity index (χ4v) is 1.97. The predicted octanol–water partition coefficient (Wildman–Crippen LogP) is 1.19. The number of hydrogen-bond acceptors (Lipinski definition) is 3.